The molecule has 0 bridgehead atoms. The molecule has 0 amide bonds. The zero-order valence-corrected chi connectivity index (χ0v) is 13.2. The molecule has 0 aromatic heterocycles. The molecule has 0 aliphatic carbocycles. The molecule has 3 rings (SSSR count). The highest BCUT2D eigenvalue weighted by molar-refractivity contribution is 7.99. The van der Waals surface area contributed by atoms with Crippen LogP contribution in [-0.4, -0.2) is 5.75 Å². The number of thioether (sulfide) groups is 1. The van der Waals surface area contributed by atoms with Gasteiger partial charge in [0.05, 0.1) is 0 Å². The van der Waals surface area contributed by atoms with Crippen LogP contribution in [0.3, 0.4) is 0 Å². The van der Waals surface area contributed by atoms with Gasteiger partial charge in [0, 0.05) is 17.0 Å². The smallest absolute Gasteiger partial charge is 0.137 e. The van der Waals surface area contributed by atoms with Crippen LogP contribution in [0.2, 0.25) is 0 Å². The lowest BCUT2D eigenvalue weighted by Gasteiger charge is -2.29. The molecule has 110 valence electrons. The molecular formula is C18H20FNS. The Morgan fingerprint density at radius 1 is 1.19 bits per heavy atom. The van der Waals surface area contributed by atoms with Crippen molar-refractivity contribution in [3.63, 3.8) is 0 Å². The van der Waals surface area contributed by atoms with Crippen LogP contribution in [0.1, 0.15) is 42.1 Å². The van der Waals surface area contributed by atoms with Crippen molar-refractivity contribution >= 4 is 11.8 Å². The van der Waals surface area contributed by atoms with Crippen molar-refractivity contribution in [1.29, 1.82) is 0 Å². The first-order valence-electron chi connectivity index (χ1n) is 7.39. The minimum absolute atomic E-state index is 0.0902. The molecule has 2 aromatic carbocycles. The van der Waals surface area contributed by atoms with Crippen LogP contribution >= 0.6 is 11.8 Å². The molecule has 1 heterocycles. The summed E-state index contributed by atoms with van der Waals surface area (Å²) in [6, 6.07) is 14.3. The predicted octanol–water partition coefficient (Wildman–Crippen LogP) is 5.02. The van der Waals surface area contributed by atoms with Crippen molar-refractivity contribution in [2.75, 3.05) is 5.75 Å². The van der Waals surface area contributed by atoms with E-state index in [2.05, 4.69) is 43.4 Å². The lowest BCUT2D eigenvalue weighted by atomic mass is 9.98. The molecule has 1 aliphatic heterocycles. The first-order chi connectivity index (χ1) is 10.2. The fourth-order valence-electron chi connectivity index (χ4n) is 3.02. The third kappa shape index (κ3) is 2.99. The van der Waals surface area contributed by atoms with Crippen LogP contribution in [-0.2, 0) is 0 Å². The molecule has 3 heteroatoms. The molecule has 0 spiro atoms. The monoisotopic (exact) mass is 301 g/mol. The van der Waals surface area contributed by atoms with Crippen LogP contribution < -0.4 is 5.32 Å². The van der Waals surface area contributed by atoms with Crippen molar-refractivity contribution in [3.05, 3.63) is 65.0 Å². The Morgan fingerprint density at radius 2 is 2.00 bits per heavy atom. The summed E-state index contributed by atoms with van der Waals surface area (Å²) in [6.45, 7) is 4.32. The molecular weight excluding hydrogens is 281 g/mol. The molecule has 1 unspecified atom stereocenters. The average molecular weight is 301 g/mol. The standard InChI is InChI=1S/C18H20FNS/c1-12-6-3-4-7-14(12)13(2)20-17-10-11-21-18-15(17)8-5-9-16(18)19/h3-9,13,17,20H,10-11H2,1-2H3/t13-,17?/m0/s1. The van der Waals surface area contributed by atoms with E-state index in [1.54, 1.807) is 17.8 Å². The third-order valence-electron chi connectivity index (χ3n) is 4.13. The summed E-state index contributed by atoms with van der Waals surface area (Å²) in [5.74, 6) is 0.874. The maximum absolute atomic E-state index is 13.9. The highest BCUT2D eigenvalue weighted by Gasteiger charge is 2.24. The molecule has 21 heavy (non-hydrogen) atoms. The molecule has 0 saturated heterocycles. The van der Waals surface area contributed by atoms with Gasteiger partial charge in [0.25, 0.3) is 0 Å². The third-order valence-corrected chi connectivity index (χ3v) is 5.29. The van der Waals surface area contributed by atoms with Crippen molar-refractivity contribution in [2.45, 2.75) is 37.2 Å². The van der Waals surface area contributed by atoms with E-state index >= 15 is 0 Å². The molecule has 1 N–H and O–H groups in total. The first kappa shape index (κ1) is 14.6. The summed E-state index contributed by atoms with van der Waals surface area (Å²) in [7, 11) is 0. The van der Waals surface area contributed by atoms with Crippen LogP contribution in [0.4, 0.5) is 4.39 Å². The number of benzene rings is 2. The summed E-state index contributed by atoms with van der Waals surface area (Å²) in [5, 5.41) is 3.68. The van der Waals surface area contributed by atoms with Gasteiger partial charge in [0.1, 0.15) is 5.82 Å². The summed E-state index contributed by atoms with van der Waals surface area (Å²) >= 11 is 1.63. The van der Waals surface area contributed by atoms with Gasteiger partial charge in [-0.3, -0.25) is 0 Å². The number of aryl methyl sites for hydroxylation is 1. The zero-order valence-electron chi connectivity index (χ0n) is 12.4. The predicted molar refractivity (Wildman–Crippen MR) is 87.2 cm³/mol. The topological polar surface area (TPSA) is 12.0 Å². The largest absolute Gasteiger partial charge is 0.303 e. The molecule has 1 nitrogen and oxygen atoms in total. The summed E-state index contributed by atoms with van der Waals surface area (Å²) < 4.78 is 13.9. The minimum atomic E-state index is -0.0902. The highest BCUT2D eigenvalue weighted by Crippen LogP contribution is 2.38. The molecule has 0 saturated carbocycles. The lowest BCUT2D eigenvalue weighted by Crippen LogP contribution is -2.28. The minimum Gasteiger partial charge on any atom is -0.303 e. The van der Waals surface area contributed by atoms with Gasteiger partial charge in [-0.05, 0) is 48.8 Å². The van der Waals surface area contributed by atoms with E-state index in [1.807, 2.05) is 12.1 Å². The first-order valence-corrected chi connectivity index (χ1v) is 8.38. The van der Waals surface area contributed by atoms with Crippen LogP contribution in [0.5, 0.6) is 0 Å². The van der Waals surface area contributed by atoms with E-state index < -0.39 is 0 Å². The van der Waals surface area contributed by atoms with Gasteiger partial charge in [0.15, 0.2) is 0 Å². The van der Waals surface area contributed by atoms with E-state index in [0.29, 0.717) is 0 Å². The molecule has 0 fully saturated rings. The number of halogens is 1. The van der Waals surface area contributed by atoms with E-state index in [4.69, 9.17) is 0 Å². The Hall–Kier alpha value is -1.32. The van der Waals surface area contributed by atoms with Gasteiger partial charge >= 0.3 is 0 Å². The lowest BCUT2D eigenvalue weighted by molar-refractivity contribution is 0.443. The number of nitrogens with one attached hydrogen (secondary N) is 1. The average Bonchev–Trinajstić information content (AvgIpc) is 2.49. The maximum Gasteiger partial charge on any atom is 0.137 e. The van der Waals surface area contributed by atoms with Crippen LogP contribution in [0.15, 0.2) is 47.4 Å². The Bertz CT molecular complexity index is 641. The highest BCUT2D eigenvalue weighted by atomic mass is 32.2. The van der Waals surface area contributed by atoms with Gasteiger partial charge < -0.3 is 5.32 Å². The number of hydrogen-bond donors (Lipinski definition) is 1. The number of hydrogen-bond acceptors (Lipinski definition) is 2. The van der Waals surface area contributed by atoms with Crippen molar-refractivity contribution in [3.8, 4) is 0 Å². The number of fused-ring (bicyclic) bond motifs is 1. The fraction of sp³-hybridized carbons (Fsp3) is 0.333. The van der Waals surface area contributed by atoms with Gasteiger partial charge in [0.2, 0.25) is 0 Å². The van der Waals surface area contributed by atoms with Crippen LogP contribution in [0, 0.1) is 12.7 Å². The van der Waals surface area contributed by atoms with Crippen LogP contribution in [0.25, 0.3) is 0 Å². The summed E-state index contributed by atoms with van der Waals surface area (Å²) in [5.41, 5.74) is 3.71. The second-order valence-corrected chi connectivity index (χ2v) is 6.70. The van der Waals surface area contributed by atoms with Gasteiger partial charge in [-0.1, -0.05) is 36.4 Å². The zero-order chi connectivity index (χ0) is 14.8. The Balaban J connectivity index is 1.84. The van der Waals surface area contributed by atoms with Crippen molar-refractivity contribution < 1.29 is 4.39 Å². The normalized spacial score (nSPS) is 19.1. The van der Waals surface area contributed by atoms with Crippen molar-refractivity contribution in [2.24, 2.45) is 0 Å². The van der Waals surface area contributed by atoms with Gasteiger partial charge in [-0.15, -0.1) is 11.8 Å². The Kier molecular flexibility index (Phi) is 4.32. The Morgan fingerprint density at radius 3 is 2.81 bits per heavy atom. The molecule has 2 atom stereocenters. The van der Waals surface area contributed by atoms with Gasteiger partial charge in [-0.2, -0.15) is 0 Å². The fourth-order valence-corrected chi connectivity index (χ4v) is 4.16. The second kappa shape index (κ2) is 6.20. The maximum atomic E-state index is 13.9. The number of rotatable bonds is 3. The van der Waals surface area contributed by atoms with E-state index in [0.717, 1.165) is 22.6 Å². The SMILES string of the molecule is Cc1ccccc1[C@H](C)NC1CCSc2c(F)cccc21. The van der Waals surface area contributed by atoms with E-state index in [1.165, 1.54) is 11.1 Å². The molecule has 1 aliphatic rings. The quantitative estimate of drug-likeness (QED) is 0.854. The van der Waals surface area contributed by atoms with E-state index in [9.17, 15) is 4.39 Å². The second-order valence-electron chi connectivity index (χ2n) is 5.59. The molecule has 0 radical (unpaired) electrons. The summed E-state index contributed by atoms with van der Waals surface area (Å²) in [6.07, 6.45) is 1.04. The molecule has 2 aromatic rings. The Labute approximate surface area is 130 Å². The summed E-state index contributed by atoms with van der Waals surface area (Å²) in [4.78, 5) is 0.818. The van der Waals surface area contributed by atoms with Crippen molar-refractivity contribution in [1.82, 2.24) is 5.32 Å². The van der Waals surface area contributed by atoms with Gasteiger partial charge in [-0.25, -0.2) is 4.39 Å². The van der Waals surface area contributed by atoms with E-state index in [-0.39, 0.29) is 17.9 Å².